The van der Waals surface area contributed by atoms with E-state index in [1.165, 1.54) is 0 Å². The van der Waals surface area contributed by atoms with Gasteiger partial charge in [0, 0.05) is 45.8 Å². The summed E-state index contributed by atoms with van der Waals surface area (Å²) in [4.78, 5) is 34.2. The smallest absolute Gasteiger partial charge is 0.241 e. The van der Waals surface area contributed by atoms with Gasteiger partial charge in [-0.25, -0.2) is 0 Å². The number of hydrogen-bond donors (Lipinski definition) is 1. The van der Waals surface area contributed by atoms with E-state index < -0.39 is 0 Å². The molecule has 1 aromatic rings. The molecule has 3 rings (SSSR count). The molecule has 0 radical (unpaired) electrons. The zero-order valence-electron chi connectivity index (χ0n) is 18.7. The minimum Gasteiger partial charge on any atom is -0.354 e. The molecule has 7 heteroatoms. The molecule has 2 aliphatic rings. The van der Waals surface area contributed by atoms with Crippen LogP contribution >= 0.6 is 0 Å². The van der Waals surface area contributed by atoms with Crippen LogP contribution in [0.1, 0.15) is 24.9 Å². The van der Waals surface area contributed by atoms with Crippen molar-refractivity contribution in [1.29, 1.82) is 0 Å². The van der Waals surface area contributed by atoms with Crippen LogP contribution in [0.3, 0.4) is 0 Å². The molecule has 0 aliphatic carbocycles. The highest BCUT2D eigenvalue weighted by Crippen LogP contribution is 2.20. The topological polar surface area (TPSA) is 59.1 Å². The minimum absolute atomic E-state index is 0.0350. The summed E-state index contributed by atoms with van der Waals surface area (Å²) in [7, 11) is 4.10. The Morgan fingerprint density at radius 2 is 1.83 bits per heavy atom. The summed E-state index contributed by atoms with van der Waals surface area (Å²) in [6.45, 7) is 9.50. The van der Waals surface area contributed by atoms with Crippen molar-refractivity contribution >= 4 is 11.8 Å². The van der Waals surface area contributed by atoms with Gasteiger partial charge in [-0.1, -0.05) is 37.3 Å². The highest BCUT2D eigenvalue weighted by Gasteiger charge is 2.30. The van der Waals surface area contributed by atoms with Crippen molar-refractivity contribution in [1.82, 2.24) is 24.9 Å². The molecule has 0 bridgehead atoms. The van der Waals surface area contributed by atoms with Gasteiger partial charge in [-0.3, -0.25) is 19.4 Å². The van der Waals surface area contributed by atoms with Gasteiger partial charge < -0.3 is 15.1 Å². The van der Waals surface area contributed by atoms with Crippen LogP contribution in [0.15, 0.2) is 30.3 Å². The molecule has 2 aliphatic heterocycles. The second-order valence-corrected chi connectivity index (χ2v) is 8.71. The number of nitrogens with zero attached hydrogens (tertiary/aromatic N) is 4. The van der Waals surface area contributed by atoms with Crippen LogP contribution in [0.2, 0.25) is 0 Å². The Kier molecular flexibility index (Phi) is 8.24. The normalized spacial score (nSPS) is 21.7. The first-order valence-corrected chi connectivity index (χ1v) is 11.2. The molecule has 2 atom stereocenters. The summed E-state index contributed by atoms with van der Waals surface area (Å²) >= 11 is 0. The van der Waals surface area contributed by atoms with E-state index >= 15 is 0 Å². The number of carbonyl (C=O) groups is 2. The zero-order chi connectivity index (χ0) is 21.5. The van der Waals surface area contributed by atoms with Crippen molar-refractivity contribution in [2.75, 3.05) is 73.0 Å². The van der Waals surface area contributed by atoms with Gasteiger partial charge in [0.15, 0.2) is 0 Å². The maximum atomic E-state index is 13.0. The average Bonchev–Trinajstić information content (AvgIpc) is 3.24. The third kappa shape index (κ3) is 6.03. The Morgan fingerprint density at radius 3 is 2.50 bits per heavy atom. The van der Waals surface area contributed by atoms with E-state index in [9.17, 15) is 9.59 Å². The number of likely N-dealkylation sites (tertiary alicyclic amines) is 1. The average molecular weight is 416 g/mol. The fourth-order valence-electron chi connectivity index (χ4n) is 4.29. The molecule has 30 heavy (non-hydrogen) atoms. The summed E-state index contributed by atoms with van der Waals surface area (Å²) in [6.07, 6.45) is 0.953. The first-order valence-electron chi connectivity index (χ1n) is 11.2. The van der Waals surface area contributed by atoms with Gasteiger partial charge in [-0.05, 0) is 38.5 Å². The Labute approximate surface area is 181 Å². The molecule has 2 amide bonds. The molecule has 7 nitrogen and oxygen atoms in total. The number of amides is 2. The molecule has 2 unspecified atom stereocenters. The Bertz CT molecular complexity index is 690. The molecule has 1 N–H and O–H groups in total. The monoisotopic (exact) mass is 415 g/mol. The minimum atomic E-state index is -0.285. The van der Waals surface area contributed by atoms with Gasteiger partial charge in [0.1, 0.15) is 6.04 Å². The van der Waals surface area contributed by atoms with Gasteiger partial charge in [0.2, 0.25) is 11.8 Å². The van der Waals surface area contributed by atoms with Gasteiger partial charge in [-0.15, -0.1) is 0 Å². The fourth-order valence-corrected chi connectivity index (χ4v) is 4.29. The van der Waals surface area contributed by atoms with Crippen molar-refractivity contribution in [3.05, 3.63) is 35.9 Å². The lowest BCUT2D eigenvalue weighted by Gasteiger charge is -2.32. The fraction of sp³-hybridized carbons (Fsp3) is 0.652. The van der Waals surface area contributed by atoms with Crippen LogP contribution < -0.4 is 5.32 Å². The quantitative estimate of drug-likeness (QED) is 0.683. The van der Waals surface area contributed by atoms with Crippen molar-refractivity contribution < 1.29 is 9.59 Å². The Balaban J connectivity index is 1.46. The highest BCUT2D eigenvalue weighted by molar-refractivity contribution is 5.83. The second kappa shape index (κ2) is 10.9. The molecule has 0 saturated carbocycles. The summed E-state index contributed by atoms with van der Waals surface area (Å²) in [5.41, 5.74) is 1.01. The number of benzene rings is 1. The second-order valence-electron chi connectivity index (χ2n) is 8.71. The summed E-state index contributed by atoms with van der Waals surface area (Å²) in [6, 6.07) is 9.64. The standard InChI is InChI=1S/C23H37N5O2/c1-4-26(3)22(20-8-6-5-7-9-20)23(30)24-16-19-10-11-28(17-19)21(29)18-27-14-12-25(2)13-15-27/h5-9,19,22H,4,10-18H2,1-3H3,(H,24,30). The third-order valence-corrected chi connectivity index (χ3v) is 6.46. The van der Waals surface area contributed by atoms with E-state index in [0.717, 1.165) is 57.8 Å². The van der Waals surface area contributed by atoms with Crippen LogP contribution in [-0.4, -0.2) is 104 Å². The van der Waals surface area contributed by atoms with E-state index in [-0.39, 0.29) is 17.9 Å². The van der Waals surface area contributed by atoms with E-state index in [1.54, 1.807) is 0 Å². The molecular formula is C23H37N5O2. The molecule has 2 saturated heterocycles. The zero-order valence-corrected chi connectivity index (χ0v) is 18.7. The van der Waals surface area contributed by atoms with E-state index in [0.29, 0.717) is 19.0 Å². The van der Waals surface area contributed by atoms with Crippen molar-refractivity contribution in [3.63, 3.8) is 0 Å². The summed E-state index contributed by atoms with van der Waals surface area (Å²) in [5.74, 6) is 0.586. The molecule has 0 spiro atoms. The summed E-state index contributed by atoms with van der Waals surface area (Å²) < 4.78 is 0. The predicted molar refractivity (Wildman–Crippen MR) is 119 cm³/mol. The third-order valence-electron chi connectivity index (χ3n) is 6.46. The van der Waals surface area contributed by atoms with Crippen molar-refractivity contribution in [2.24, 2.45) is 5.92 Å². The van der Waals surface area contributed by atoms with Gasteiger partial charge >= 0.3 is 0 Å². The first kappa shape index (κ1) is 22.7. The first-order chi connectivity index (χ1) is 14.5. The van der Waals surface area contributed by atoms with Crippen LogP contribution in [0.25, 0.3) is 0 Å². The lowest BCUT2D eigenvalue weighted by molar-refractivity contribution is -0.131. The highest BCUT2D eigenvalue weighted by atomic mass is 16.2. The molecule has 1 aromatic carbocycles. The number of hydrogen-bond acceptors (Lipinski definition) is 5. The lowest BCUT2D eigenvalue weighted by Crippen LogP contribution is -2.48. The van der Waals surface area contributed by atoms with Gasteiger partial charge in [0.05, 0.1) is 6.54 Å². The molecule has 0 aromatic heterocycles. The van der Waals surface area contributed by atoms with Crippen LogP contribution in [0, 0.1) is 5.92 Å². The molecule has 166 valence electrons. The van der Waals surface area contributed by atoms with E-state index in [2.05, 4.69) is 34.0 Å². The SMILES string of the molecule is CCN(C)C(C(=O)NCC1CCN(C(=O)CN2CCN(C)CC2)C1)c1ccccc1. The maximum Gasteiger partial charge on any atom is 0.241 e. The van der Waals surface area contributed by atoms with Gasteiger partial charge in [0.25, 0.3) is 0 Å². The van der Waals surface area contributed by atoms with Crippen molar-refractivity contribution in [3.8, 4) is 0 Å². The molecular weight excluding hydrogens is 378 g/mol. The summed E-state index contributed by atoms with van der Waals surface area (Å²) in [5, 5.41) is 3.15. The largest absolute Gasteiger partial charge is 0.354 e. The Morgan fingerprint density at radius 1 is 1.13 bits per heavy atom. The molecule has 2 heterocycles. The predicted octanol–water partition coefficient (Wildman–Crippen LogP) is 0.892. The Hall–Kier alpha value is -1.96. The van der Waals surface area contributed by atoms with Crippen molar-refractivity contribution in [2.45, 2.75) is 19.4 Å². The number of likely N-dealkylation sites (N-methyl/N-ethyl adjacent to an activating group) is 2. The van der Waals surface area contributed by atoms with Crippen LogP contribution in [0.4, 0.5) is 0 Å². The van der Waals surface area contributed by atoms with Crippen LogP contribution in [0.5, 0.6) is 0 Å². The maximum absolute atomic E-state index is 13.0. The van der Waals surface area contributed by atoms with E-state index in [4.69, 9.17) is 0 Å². The number of nitrogens with one attached hydrogen (secondary N) is 1. The van der Waals surface area contributed by atoms with Crippen LogP contribution in [-0.2, 0) is 9.59 Å². The number of piperazine rings is 1. The van der Waals surface area contributed by atoms with E-state index in [1.807, 2.05) is 42.3 Å². The lowest BCUT2D eigenvalue weighted by atomic mass is 10.0. The number of rotatable bonds is 8. The molecule has 2 fully saturated rings. The van der Waals surface area contributed by atoms with Gasteiger partial charge in [-0.2, -0.15) is 0 Å². The number of carbonyl (C=O) groups excluding carboxylic acids is 2.